The van der Waals surface area contributed by atoms with Gasteiger partial charge >= 0.3 is 0 Å². The molecule has 6 aromatic heterocycles. The molecule has 0 atom stereocenters. The van der Waals surface area contributed by atoms with Crippen LogP contribution in [0.1, 0.15) is 22.3 Å². The van der Waals surface area contributed by atoms with E-state index in [1.165, 1.54) is 104 Å². The first kappa shape index (κ1) is 72.4. The summed E-state index contributed by atoms with van der Waals surface area (Å²) in [6.45, 7) is 0. The molecule has 24 aromatic rings. The topological polar surface area (TPSA) is 110 Å². The Bertz CT molecular complexity index is 8460. The van der Waals surface area contributed by atoms with Crippen LogP contribution in [0.4, 0.5) is 0 Å². The summed E-state index contributed by atoms with van der Waals surface area (Å²) in [5.41, 5.74) is 24.7. The van der Waals surface area contributed by atoms with Crippen LogP contribution >= 0.6 is 34.0 Å². The standard InChI is InChI=1S/C38H21N3S.2C37H22N2S/c39-22-26-17-16-24(20-32(26)25-18-19-37-33(21-25)31-11-3-6-15-36(31)42-37)28-12-7-8-27(23-40)38(28)41-34-13-4-1-9-29(34)30-10-2-5-14-35(30)41;38-23-24-19-26(25-17-18-37-32(22-25)31-12-4-8-16-36(31)40-37)21-27(20-24)28-9-1-5-13-33(28)39-34-14-6-2-10-29(34)30-11-3-7-15-35(30)39;38-23-26-18-17-24(21-31(26)25-19-20-37-32(22-25)30-12-4-8-16-36(30)40-37)27-9-1-5-13-33(27)39-34-14-6-2-10-28(34)29-11-3-7-15-35(29)39/h1-21H;2*1-22H. The fourth-order valence-electron chi connectivity index (χ4n) is 18.3. The largest absolute Gasteiger partial charge is 0.309 e. The molecule has 6 heterocycles. The molecule has 7 nitrogen and oxygen atoms in total. The zero-order valence-electron chi connectivity index (χ0n) is 65.4. The molecule has 0 unspecified atom stereocenters. The molecule has 0 saturated heterocycles. The van der Waals surface area contributed by atoms with Gasteiger partial charge < -0.3 is 13.7 Å². The van der Waals surface area contributed by atoms with Crippen LogP contribution in [-0.4, -0.2) is 13.7 Å². The minimum Gasteiger partial charge on any atom is -0.309 e. The number of nitriles is 4. The number of benzene rings is 18. The normalized spacial score (nSPS) is 11.4. The van der Waals surface area contributed by atoms with Crippen molar-refractivity contribution in [1.29, 1.82) is 21.0 Å². The Morgan fingerprint density at radius 1 is 0.180 bits per heavy atom. The van der Waals surface area contributed by atoms with Crippen LogP contribution in [0.2, 0.25) is 0 Å². The van der Waals surface area contributed by atoms with Crippen LogP contribution in [-0.2, 0) is 0 Å². The van der Waals surface area contributed by atoms with Crippen molar-refractivity contribution in [2.45, 2.75) is 0 Å². The molecule has 0 bridgehead atoms. The Morgan fingerprint density at radius 3 is 0.893 bits per heavy atom. The maximum atomic E-state index is 10.3. The van der Waals surface area contributed by atoms with Crippen LogP contribution in [0.15, 0.2) is 394 Å². The minimum absolute atomic E-state index is 0.594. The first-order valence-corrected chi connectivity index (χ1v) is 42.8. The van der Waals surface area contributed by atoms with E-state index in [0.717, 1.165) is 106 Å². The highest BCUT2D eigenvalue weighted by atomic mass is 32.1. The summed E-state index contributed by atoms with van der Waals surface area (Å²) in [5.74, 6) is 0. The van der Waals surface area contributed by atoms with Crippen LogP contribution in [0.25, 0.3) is 210 Å². The lowest BCUT2D eigenvalue weighted by atomic mass is 9.92. The third kappa shape index (κ3) is 12.3. The van der Waals surface area contributed by atoms with Crippen LogP contribution in [0, 0.1) is 45.3 Å². The average molecular weight is 1610 g/mol. The Morgan fingerprint density at radius 2 is 0.484 bits per heavy atom. The summed E-state index contributed by atoms with van der Waals surface area (Å²) in [6.07, 6.45) is 0. The molecule has 0 fully saturated rings. The molecule has 24 rings (SSSR count). The molecule has 0 radical (unpaired) electrons. The third-order valence-corrected chi connectivity index (χ3v) is 27.2. The molecule has 122 heavy (non-hydrogen) atoms. The Hall–Kier alpha value is -16.0. The van der Waals surface area contributed by atoms with Crippen molar-refractivity contribution in [3.8, 4) is 108 Å². The number of thiophene rings is 3. The highest BCUT2D eigenvalue weighted by Crippen LogP contribution is 2.47. The van der Waals surface area contributed by atoms with E-state index < -0.39 is 0 Å². The van der Waals surface area contributed by atoms with Crippen molar-refractivity contribution >= 4 is 160 Å². The quantitative estimate of drug-likeness (QED) is 0.143. The molecule has 0 saturated carbocycles. The second-order valence-electron chi connectivity index (χ2n) is 30.5. The van der Waals surface area contributed by atoms with Crippen LogP contribution in [0.5, 0.6) is 0 Å². The van der Waals surface area contributed by atoms with Crippen molar-refractivity contribution in [3.63, 3.8) is 0 Å². The number of aromatic nitrogens is 3. The van der Waals surface area contributed by atoms with Gasteiger partial charge in [0.1, 0.15) is 6.07 Å². The fourth-order valence-corrected chi connectivity index (χ4v) is 21.5. The maximum absolute atomic E-state index is 10.3. The molecule has 566 valence electrons. The van der Waals surface area contributed by atoms with Crippen molar-refractivity contribution in [3.05, 3.63) is 417 Å². The lowest BCUT2D eigenvalue weighted by molar-refractivity contribution is 1.17. The molecular formula is C112H65N7S3. The van der Waals surface area contributed by atoms with E-state index in [0.29, 0.717) is 22.3 Å². The van der Waals surface area contributed by atoms with Crippen molar-refractivity contribution < 1.29 is 0 Å². The van der Waals surface area contributed by atoms with E-state index in [2.05, 4.69) is 378 Å². The van der Waals surface area contributed by atoms with Gasteiger partial charge in [-0.15, -0.1) is 34.0 Å². The fraction of sp³-hybridized carbons (Fsp3) is 0. The van der Waals surface area contributed by atoms with E-state index in [1.807, 2.05) is 77.3 Å². The van der Waals surface area contributed by atoms with Crippen molar-refractivity contribution in [2.24, 2.45) is 0 Å². The van der Waals surface area contributed by atoms with Gasteiger partial charge in [-0.2, -0.15) is 21.0 Å². The average Bonchev–Trinajstić information content (AvgIpc) is 1.57. The number of rotatable bonds is 9. The molecular weight excluding hydrogens is 1540 g/mol. The predicted octanol–water partition coefficient (Wildman–Crippen LogP) is 30.9. The first-order valence-electron chi connectivity index (χ1n) is 40.4. The molecule has 0 amide bonds. The predicted molar refractivity (Wildman–Crippen MR) is 512 cm³/mol. The molecule has 0 spiro atoms. The van der Waals surface area contributed by atoms with Crippen molar-refractivity contribution in [2.75, 3.05) is 0 Å². The molecule has 0 aliphatic rings. The third-order valence-electron chi connectivity index (χ3n) is 23.8. The highest BCUT2D eigenvalue weighted by Gasteiger charge is 2.24. The van der Waals surface area contributed by atoms with E-state index in [-0.39, 0.29) is 0 Å². The number of hydrogen-bond acceptors (Lipinski definition) is 7. The maximum Gasteiger partial charge on any atom is 0.101 e. The molecule has 0 aliphatic carbocycles. The smallest absolute Gasteiger partial charge is 0.101 e. The summed E-state index contributed by atoms with van der Waals surface area (Å²) in [5, 5.41) is 55.2. The Kier molecular flexibility index (Phi) is 17.9. The Balaban J connectivity index is 0.000000109. The summed E-state index contributed by atoms with van der Waals surface area (Å²) in [4.78, 5) is 0. The number of hydrogen-bond donors (Lipinski definition) is 0. The second kappa shape index (κ2) is 30.2. The molecule has 10 heteroatoms. The molecule has 18 aromatic carbocycles. The first-order chi connectivity index (χ1) is 60.3. The Labute approximate surface area is 713 Å². The number of para-hydroxylation sites is 9. The summed E-state index contributed by atoms with van der Waals surface area (Å²) in [6, 6.07) is 147. The van der Waals surface area contributed by atoms with Crippen LogP contribution < -0.4 is 0 Å². The van der Waals surface area contributed by atoms with E-state index in [9.17, 15) is 21.0 Å². The minimum atomic E-state index is 0.594. The van der Waals surface area contributed by atoms with Crippen molar-refractivity contribution in [1.82, 2.24) is 13.7 Å². The summed E-state index contributed by atoms with van der Waals surface area (Å²) >= 11 is 5.41. The van der Waals surface area contributed by atoms with Gasteiger partial charge in [0.25, 0.3) is 0 Å². The second-order valence-corrected chi connectivity index (χ2v) is 33.8. The van der Waals surface area contributed by atoms with Gasteiger partial charge in [0.15, 0.2) is 0 Å². The number of fused-ring (bicyclic) bond motifs is 18. The van der Waals surface area contributed by atoms with Gasteiger partial charge in [0.2, 0.25) is 0 Å². The van der Waals surface area contributed by atoms with E-state index >= 15 is 0 Å². The molecule has 0 aliphatic heterocycles. The van der Waals surface area contributed by atoms with Gasteiger partial charge in [-0.3, -0.25) is 0 Å². The van der Waals surface area contributed by atoms with Gasteiger partial charge in [-0.25, -0.2) is 0 Å². The monoisotopic (exact) mass is 1600 g/mol. The SMILES string of the molecule is N#Cc1cc(-c2ccc3sc4ccccc4c3c2)cc(-c2ccccc2-n2c3ccccc3c3ccccc32)c1.N#Cc1ccc(-c2cccc(C#N)c2-n2c3ccccc3c3ccccc32)cc1-c1ccc2sc3ccccc3c2c1.N#Cc1ccc(-c2ccccc2-n2c3ccccc3c3ccccc32)cc1-c1ccc2sc3ccccc3c2c1. The zero-order valence-corrected chi connectivity index (χ0v) is 67.8. The van der Waals surface area contributed by atoms with Crippen LogP contribution in [0.3, 0.4) is 0 Å². The lowest BCUT2D eigenvalue weighted by Crippen LogP contribution is -2.01. The van der Waals surface area contributed by atoms with Gasteiger partial charge in [0.05, 0.1) is 90.6 Å². The lowest BCUT2D eigenvalue weighted by Gasteiger charge is -2.17. The summed E-state index contributed by atoms with van der Waals surface area (Å²) < 4.78 is 14.5. The zero-order chi connectivity index (χ0) is 81.5. The van der Waals surface area contributed by atoms with E-state index in [4.69, 9.17) is 0 Å². The van der Waals surface area contributed by atoms with Gasteiger partial charge in [-0.05, 0) is 191 Å². The van der Waals surface area contributed by atoms with Gasteiger partial charge in [0, 0.05) is 121 Å². The van der Waals surface area contributed by atoms with E-state index in [1.54, 1.807) is 11.3 Å². The van der Waals surface area contributed by atoms with Gasteiger partial charge in [-0.1, -0.05) is 243 Å². The highest BCUT2D eigenvalue weighted by molar-refractivity contribution is 7.26. The number of nitrogens with zero attached hydrogens (tertiary/aromatic N) is 7. The molecule has 0 N–H and O–H groups in total. The summed E-state index contributed by atoms with van der Waals surface area (Å²) in [7, 11) is 0.